The van der Waals surface area contributed by atoms with E-state index < -0.39 is 54.6 Å². The van der Waals surface area contributed by atoms with Crippen molar-refractivity contribution in [2.24, 2.45) is 0 Å². The molecule has 1 fully saturated rings. The second kappa shape index (κ2) is 12.6. The first-order valence-electron chi connectivity index (χ1n) is 7.87. The van der Waals surface area contributed by atoms with E-state index >= 15 is 0 Å². The fourth-order valence-electron chi connectivity index (χ4n) is 2.84. The van der Waals surface area contributed by atoms with Crippen LogP contribution < -0.4 is 118 Å². The second-order valence-corrected chi connectivity index (χ2v) is 9.55. The Morgan fingerprint density at radius 1 is 1.03 bits per heavy atom. The monoisotopic (exact) mass is 583 g/mol. The van der Waals surface area contributed by atoms with Gasteiger partial charge in [0.1, 0.15) is 30.2 Å². The Bertz CT molecular complexity index is 1100. The molecule has 0 unspecified atom stereocenters. The van der Waals surface area contributed by atoms with Crippen molar-refractivity contribution in [3.05, 3.63) is 12.7 Å². The molecule has 6 N–H and O–H groups in total. The van der Waals surface area contributed by atoms with Crippen LogP contribution >= 0.6 is 23.5 Å². The third kappa shape index (κ3) is 9.31. The molecule has 0 aromatic carbocycles. The molecule has 0 saturated carbocycles. The largest absolute Gasteiger partial charge is 1.00 e. The van der Waals surface area contributed by atoms with Gasteiger partial charge in [0.15, 0.2) is 17.7 Å². The summed E-state index contributed by atoms with van der Waals surface area (Å²) in [5, 5.41) is 0. The second-order valence-electron chi connectivity index (χ2n) is 6.01. The predicted molar refractivity (Wildman–Crippen MR) is 91.0 cm³/mol. The summed E-state index contributed by atoms with van der Waals surface area (Å²) in [7, 11) is -16.2. The van der Waals surface area contributed by atoms with Gasteiger partial charge in [-0.3, -0.25) is 13.6 Å². The minimum absolute atomic E-state index is 0. The molecule has 0 bridgehead atoms. The number of phosphoric ester groups is 3. The zero-order valence-corrected chi connectivity index (χ0v) is 25.8. The summed E-state index contributed by atoms with van der Waals surface area (Å²) in [5.41, 5.74) is 5.64. The summed E-state index contributed by atoms with van der Waals surface area (Å²) in [6.07, 6.45) is -5.45. The molecule has 23 heteroatoms. The smallest absolute Gasteiger partial charge is 0.790 e. The van der Waals surface area contributed by atoms with E-state index in [-0.39, 0.29) is 120 Å². The van der Waals surface area contributed by atoms with Crippen molar-refractivity contribution in [2.75, 3.05) is 12.3 Å². The fraction of sp³-hybridized carbons (Fsp3) is 0.500. The molecule has 1 saturated heterocycles. The molecule has 0 amide bonds. The summed E-state index contributed by atoms with van der Waals surface area (Å²) in [6.45, 7) is -1.03. The number of anilines is 1. The van der Waals surface area contributed by atoms with E-state index in [1.807, 2.05) is 0 Å². The number of imidazole rings is 1. The summed E-state index contributed by atoms with van der Waals surface area (Å²) >= 11 is 0. The summed E-state index contributed by atoms with van der Waals surface area (Å²) in [4.78, 5) is 70.1. The van der Waals surface area contributed by atoms with E-state index in [0.29, 0.717) is 0 Å². The van der Waals surface area contributed by atoms with Gasteiger partial charge < -0.3 is 48.9 Å². The maximum Gasteiger partial charge on any atom is 1.00 e. The summed E-state index contributed by atoms with van der Waals surface area (Å²) in [6, 6.07) is 0. The molecular formula is C10H14K2N5O13P3. The molecule has 2 aromatic rings. The van der Waals surface area contributed by atoms with Gasteiger partial charge in [-0.25, -0.2) is 24.1 Å². The average molecular weight is 583 g/mol. The number of nitrogen functional groups attached to an aromatic ring is 1. The molecule has 3 rings (SSSR count). The van der Waals surface area contributed by atoms with Gasteiger partial charge in [0, 0.05) is 0 Å². The first-order valence-corrected chi connectivity index (χ1v) is 12.4. The van der Waals surface area contributed by atoms with Crippen molar-refractivity contribution >= 4 is 40.4 Å². The van der Waals surface area contributed by atoms with Crippen molar-refractivity contribution in [2.45, 2.75) is 24.5 Å². The number of nitrogens with two attached hydrogens (primary N) is 1. The van der Waals surface area contributed by atoms with Gasteiger partial charge in [-0.2, -0.15) is 0 Å². The fourth-order valence-corrected chi connectivity index (χ4v) is 4.28. The molecule has 18 nitrogen and oxygen atoms in total. The van der Waals surface area contributed by atoms with Gasteiger partial charge >= 0.3 is 118 Å². The molecule has 0 radical (unpaired) electrons. The predicted octanol–water partition coefficient (Wildman–Crippen LogP) is -8.89. The van der Waals surface area contributed by atoms with Gasteiger partial charge in [0.25, 0.3) is 0 Å². The Morgan fingerprint density at radius 3 is 2.21 bits per heavy atom. The maximum atomic E-state index is 11.4. The van der Waals surface area contributed by atoms with Gasteiger partial charge in [-0.15, -0.1) is 0 Å². The Morgan fingerprint density at radius 2 is 1.67 bits per heavy atom. The molecule has 0 aliphatic carbocycles. The van der Waals surface area contributed by atoms with Crippen LogP contribution in [0.4, 0.5) is 5.82 Å². The van der Waals surface area contributed by atoms with Crippen molar-refractivity contribution < 1.29 is 164 Å². The minimum atomic E-state index is -5.80. The van der Waals surface area contributed by atoms with Gasteiger partial charge in [-0.05, 0) is 0 Å². The first-order chi connectivity index (χ1) is 14.1. The van der Waals surface area contributed by atoms with Crippen LogP contribution in [0.15, 0.2) is 12.7 Å². The molecule has 3 heterocycles. The van der Waals surface area contributed by atoms with Crippen molar-refractivity contribution in [3.63, 3.8) is 0 Å². The van der Waals surface area contributed by atoms with Crippen LogP contribution in [0.3, 0.4) is 0 Å². The molecule has 2 aromatic heterocycles. The quantitative estimate of drug-likeness (QED) is 0.142. The molecule has 1 aliphatic heterocycles. The van der Waals surface area contributed by atoms with Crippen molar-refractivity contribution in [3.8, 4) is 0 Å². The van der Waals surface area contributed by atoms with Gasteiger partial charge in [0.05, 0.1) is 20.8 Å². The standard InChI is InChI=1S/C10H16N5O13P3.2K/c11-8-5-9(13-2-12-8)15(3-14-5)10-7(28-31(22,23)24)6(27-30(19,20)21)4(26-10)1-25-29(16,17)18;;/h2-4,6-7,10H,1H2,(H2,11,12,13)(H2,16,17,18)(H2,19,20,21)(H2,22,23,24);;/q;2*+1/p-2/t4-,6-,7-,10-;;/m1../s1. The molecule has 174 valence electrons. The van der Waals surface area contributed by atoms with Gasteiger partial charge in [-0.1, -0.05) is 0 Å². The molecule has 1 aliphatic rings. The molecular weight excluding hydrogens is 569 g/mol. The number of hydrogen-bond acceptors (Lipinski definition) is 13. The first kappa shape index (κ1) is 32.9. The van der Waals surface area contributed by atoms with Gasteiger partial charge in [0.2, 0.25) is 0 Å². The van der Waals surface area contributed by atoms with Crippen LogP contribution in [-0.2, 0) is 32.0 Å². The number of rotatable bonds is 8. The Balaban J connectivity index is 0.00000272. The Hall–Kier alpha value is 1.91. The van der Waals surface area contributed by atoms with Crippen LogP contribution in [0.1, 0.15) is 6.23 Å². The summed E-state index contributed by atoms with van der Waals surface area (Å²) in [5.74, 6) is -0.0815. The minimum Gasteiger partial charge on any atom is -0.790 e. The van der Waals surface area contributed by atoms with E-state index in [1.165, 1.54) is 0 Å². The zero-order valence-electron chi connectivity index (χ0n) is 16.8. The number of ether oxygens (including phenoxy) is 1. The van der Waals surface area contributed by atoms with Crippen LogP contribution in [0.2, 0.25) is 0 Å². The van der Waals surface area contributed by atoms with E-state index in [1.54, 1.807) is 0 Å². The Labute approximate surface area is 269 Å². The van der Waals surface area contributed by atoms with E-state index in [0.717, 1.165) is 17.2 Å². The van der Waals surface area contributed by atoms with Crippen LogP contribution in [0.25, 0.3) is 11.2 Å². The van der Waals surface area contributed by atoms with Crippen LogP contribution in [-0.4, -0.2) is 64.0 Å². The topological polar surface area (TPSA) is 285 Å². The summed E-state index contributed by atoms with van der Waals surface area (Å²) < 4.78 is 53.3. The van der Waals surface area contributed by atoms with E-state index in [4.69, 9.17) is 30.0 Å². The maximum absolute atomic E-state index is 11.4. The van der Waals surface area contributed by atoms with E-state index in [2.05, 4.69) is 28.5 Å². The van der Waals surface area contributed by atoms with Crippen LogP contribution in [0, 0.1) is 0 Å². The number of fused-ring (bicyclic) bond motifs is 1. The van der Waals surface area contributed by atoms with Crippen LogP contribution in [0.5, 0.6) is 0 Å². The van der Waals surface area contributed by atoms with E-state index in [9.17, 15) is 23.5 Å². The average Bonchev–Trinajstić information content (AvgIpc) is 3.13. The normalized spacial score (nSPS) is 23.8. The third-order valence-corrected chi connectivity index (χ3v) is 5.37. The SMILES string of the molecule is Nc1ncnc2c1ncn2[C@@H]1O[C@H](COP(=O)(O)O)[C@@H](OP(=O)(O)O)[C@H]1OP(=O)([O-])[O-].[K+].[K+]. The molecule has 4 atom stereocenters. The zero-order chi connectivity index (χ0) is 23.2. The Kier molecular flexibility index (Phi) is 12.6. The van der Waals surface area contributed by atoms with Crippen molar-refractivity contribution in [1.82, 2.24) is 19.5 Å². The number of aromatic nitrogens is 4. The van der Waals surface area contributed by atoms with Crippen molar-refractivity contribution in [1.29, 1.82) is 0 Å². The molecule has 33 heavy (non-hydrogen) atoms. The number of nitrogens with zero attached hydrogens (tertiary/aromatic N) is 4. The number of hydrogen-bond donors (Lipinski definition) is 5. The molecule has 0 spiro atoms. The third-order valence-electron chi connectivity index (χ3n) is 3.86. The number of phosphoric acid groups is 3.